The van der Waals surface area contributed by atoms with Gasteiger partial charge in [0.05, 0.1) is 0 Å². The van der Waals surface area contributed by atoms with Crippen LogP contribution in [0, 0.1) is 6.92 Å². The van der Waals surface area contributed by atoms with Gasteiger partial charge in [-0.3, -0.25) is 0 Å². The molecule has 2 rings (SSSR count). The van der Waals surface area contributed by atoms with Crippen LogP contribution in [0.5, 0.6) is 0 Å². The first-order chi connectivity index (χ1) is 7.22. The Labute approximate surface area is 96.4 Å². The standard InChI is InChI=1S/C11H11BrN2O/c1-7-10(6-13)11(14-15-7)8-2-4-9(12)5-3-8/h2-5H,6,13H2,1H3. The molecule has 1 heterocycles. The van der Waals surface area contributed by atoms with Gasteiger partial charge < -0.3 is 10.3 Å². The number of benzene rings is 1. The fraction of sp³-hybridized carbons (Fsp3) is 0.182. The number of rotatable bonds is 2. The molecule has 3 nitrogen and oxygen atoms in total. The molecule has 0 unspecified atom stereocenters. The predicted molar refractivity (Wildman–Crippen MR) is 62.3 cm³/mol. The maximum absolute atomic E-state index is 5.65. The van der Waals surface area contributed by atoms with E-state index in [0.29, 0.717) is 6.54 Å². The molecule has 4 heteroatoms. The lowest BCUT2D eigenvalue weighted by molar-refractivity contribution is 0.398. The van der Waals surface area contributed by atoms with Gasteiger partial charge in [0.1, 0.15) is 11.5 Å². The zero-order valence-electron chi connectivity index (χ0n) is 8.33. The van der Waals surface area contributed by atoms with E-state index < -0.39 is 0 Å². The third-order valence-corrected chi connectivity index (χ3v) is 2.84. The molecule has 0 spiro atoms. The minimum atomic E-state index is 0.445. The molecule has 0 fully saturated rings. The van der Waals surface area contributed by atoms with Crippen molar-refractivity contribution < 1.29 is 4.52 Å². The van der Waals surface area contributed by atoms with Gasteiger partial charge in [0.15, 0.2) is 0 Å². The summed E-state index contributed by atoms with van der Waals surface area (Å²) in [5.41, 5.74) is 8.48. The molecule has 1 aromatic heterocycles. The van der Waals surface area contributed by atoms with Crippen molar-refractivity contribution in [3.8, 4) is 11.3 Å². The molecule has 0 atom stereocenters. The summed E-state index contributed by atoms with van der Waals surface area (Å²) in [6.07, 6.45) is 0. The van der Waals surface area contributed by atoms with Crippen LogP contribution in [-0.2, 0) is 6.54 Å². The minimum absolute atomic E-state index is 0.445. The lowest BCUT2D eigenvalue weighted by atomic mass is 10.1. The highest BCUT2D eigenvalue weighted by Crippen LogP contribution is 2.25. The van der Waals surface area contributed by atoms with Crippen molar-refractivity contribution in [1.82, 2.24) is 5.16 Å². The molecule has 0 radical (unpaired) electrons. The average Bonchev–Trinajstić information content (AvgIpc) is 2.61. The molecule has 0 amide bonds. The van der Waals surface area contributed by atoms with Gasteiger partial charge in [0.2, 0.25) is 0 Å². The van der Waals surface area contributed by atoms with Gasteiger partial charge in [-0.15, -0.1) is 0 Å². The first-order valence-electron chi connectivity index (χ1n) is 4.63. The van der Waals surface area contributed by atoms with Gasteiger partial charge in [0, 0.05) is 22.1 Å². The molecule has 0 saturated carbocycles. The number of aromatic nitrogens is 1. The lowest BCUT2D eigenvalue weighted by Crippen LogP contribution is -1.98. The molecule has 0 bridgehead atoms. The van der Waals surface area contributed by atoms with Crippen molar-refractivity contribution in [2.24, 2.45) is 5.73 Å². The second-order valence-electron chi connectivity index (χ2n) is 3.28. The molecule has 0 aliphatic heterocycles. The molecule has 15 heavy (non-hydrogen) atoms. The van der Waals surface area contributed by atoms with Crippen molar-refractivity contribution in [1.29, 1.82) is 0 Å². The zero-order valence-corrected chi connectivity index (χ0v) is 9.91. The zero-order chi connectivity index (χ0) is 10.8. The van der Waals surface area contributed by atoms with Crippen molar-refractivity contribution >= 4 is 15.9 Å². The monoisotopic (exact) mass is 266 g/mol. The van der Waals surface area contributed by atoms with Gasteiger partial charge in [-0.25, -0.2) is 0 Å². The van der Waals surface area contributed by atoms with Crippen molar-refractivity contribution in [3.63, 3.8) is 0 Å². The highest BCUT2D eigenvalue weighted by atomic mass is 79.9. The second kappa shape index (κ2) is 4.16. The molecular formula is C11H11BrN2O. The summed E-state index contributed by atoms with van der Waals surface area (Å²) in [5.74, 6) is 0.787. The highest BCUT2D eigenvalue weighted by molar-refractivity contribution is 9.10. The molecule has 78 valence electrons. The highest BCUT2D eigenvalue weighted by Gasteiger charge is 2.12. The third kappa shape index (κ3) is 1.96. The van der Waals surface area contributed by atoms with E-state index in [-0.39, 0.29) is 0 Å². The van der Waals surface area contributed by atoms with Gasteiger partial charge in [0.25, 0.3) is 0 Å². The Kier molecular flexibility index (Phi) is 2.88. The largest absolute Gasteiger partial charge is 0.361 e. The summed E-state index contributed by atoms with van der Waals surface area (Å²) >= 11 is 3.39. The fourth-order valence-corrected chi connectivity index (χ4v) is 1.73. The van der Waals surface area contributed by atoms with Gasteiger partial charge in [-0.2, -0.15) is 0 Å². The van der Waals surface area contributed by atoms with Gasteiger partial charge in [-0.05, 0) is 19.1 Å². The lowest BCUT2D eigenvalue weighted by Gasteiger charge is -1.99. The number of nitrogens with two attached hydrogens (primary N) is 1. The van der Waals surface area contributed by atoms with Crippen molar-refractivity contribution in [2.45, 2.75) is 13.5 Å². The predicted octanol–water partition coefficient (Wildman–Crippen LogP) is 2.87. The van der Waals surface area contributed by atoms with E-state index >= 15 is 0 Å². The molecule has 2 aromatic rings. The first kappa shape index (κ1) is 10.4. The van der Waals surface area contributed by atoms with Crippen LogP contribution in [0.3, 0.4) is 0 Å². The van der Waals surface area contributed by atoms with E-state index in [1.54, 1.807) is 0 Å². The summed E-state index contributed by atoms with van der Waals surface area (Å²) in [7, 11) is 0. The Morgan fingerprint density at radius 2 is 2.00 bits per heavy atom. The van der Waals surface area contributed by atoms with Crippen molar-refractivity contribution in [3.05, 3.63) is 40.1 Å². The van der Waals surface area contributed by atoms with Crippen LogP contribution >= 0.6 is 15.9 Å². The van der Waals surface area contributed by atoms with E-state index in [1.165, 1.54) is 0 Å². The van der Waals surface area contributed by atoms with E-state index in [2.05, 4.69) is 21.1 Å². The third-order valence-electron chi connectivity index (χ3n) is 2.31. The number of hydrogen-bond donors (Lipinski definition) is 1. The maximum atomic E-state index is 5.65. The van der Waals surface area contributed by atoms with Crippen LogP contribution < -0.4 is 5.73 Å². The summed E-state index contributed by atoms with van der Waals surface area (Å²) in [6.45, 7) is 2.32. The van der Waals surface area contributed by atoms with Crippen LogP contribution in [0.15, 0.2) is 33.3 Å². The Morgan fingerprint density at radius 1 is 1.33 bits per heavy atom. The van der Waals surface area contributed by atoms with Crippen LogP contribution in [0.25, 0.3) is 11.3 Å². The van der Waals surface area contributed by atoms with E-state index in [4.69, 9.17) is 10.3 Å². The van der Waals surface area contributed by atoms with E-state index in [0.717, 1.165) is 27.1 Å². The molecule has 2 N–H and O–H groups in total. The quantitative estimate of drug-likeness (QED) is 0.910. The first-order valence-corrected chi connectivity index (χ1v) is 5.43. The number of halogens is 1. The van der Waals surface area contributed by atoms with E-state index in [1.807, 2.05) is 31.2 Å². The number of nitrogens with zero attached hydrogens (tertiary/aromatic N) is 1. The normalized spacial score (nSPS) is 10.6. The Morgan fingerprint density at radius 3 is 2.60 bits per heavy atom. The number of hydrogen-bond acceptors (Lipinski definition) is 3. The molecule has 1 aromatic carbocycles. The fourth-order valence-electron chi connectivity index (χ4n) is 1.47. The summed E-state index contributed by atoms with van der Waals surface area (Å²) in [5, 5.41) is 4.02. The Bertz CT molecular complexity index is 462. The van der Waals surface area contributed by atoms with Crippen LogP contribution in [0.1, 0.15) is 11.3 Å². The maximum Gasteiger partial charge on any atom is 0.138 e. The summed E-state index contributed by atoms with van der Waals surface area (Å²) < 4.78 is 6.17. The van der Waals surface area contributed by atoms with Crippen molar-refractivity contribution in [2.75, 3.05) is 0 Å². The molecule has 0 saturated heterocycles. The minimum Gasteiger partial charge on any atom is -0.361 e. The SMILES string of the molecule is Cc1onc(-c2ccc(Br)cc2)c1CN. The van der Waals surface area contributed by atoms with Gasteiger partial charge in [-0.1, -0.05) is 33.2 Å². The van der Waals surface area contributed by atoms with Gasteiger partial charge >= 0.3 is 0 Å². The second-order valence-corrected chi connectivity index (χ2v) is 4.19. The summed E-state index contributed by atoms with van der Waals surface area (Å²) in [4.78, 5) is 0. The average molecular weight is 267 g/mol. The topological polar surface area (TPSA) is 52.0 Å². The number of aryl methyl sites for hydroxylation is 1. The molecule has 0 aliphatic rings. The van der Waals surface area contributed by atoms with Crippen LogP contribution in [0.4, 0.5) is 0 Å². The molecular weight excluding hydrogens is 256 g/mol. The summed E-state index contributed by atoms with van der Waals surface area (Å²) in [6, 6.07) is 7.92. The van der Waals surface area contributed by atoms with Crippen LogP contribution in [-0.4, -0.2) is 5.16 Å². The Balaban J connectivity index is 2.49. The van der Waals surface area contributed by atoms with Crippen LogP contribution in [0.2, 0.25) is 0 Å². The van der Waals surface area contributed by atoms with E-state index in [9.17, 15) is 0 Å². The smallest absolute Gasteiger partial charge is 0.138 e. The molecule has 0 aliphatic carbocycles. The Hall–Kier alpha value is -1.13.